The minimum Gasteiger partial charge on any atom is -0.461 e. The van der Waals surface area contributed by atoms with E-state index in [0.29, 0.717) is 49.8 Å². The molecule has 1 aromatic heterocycles. The molecule has 0 radical (unpaired) electrons. The molecule has 178 valence electrons. The molecule has 1 aliphatic rings. The number of carbonyl (C=O) groups excluding carboxylic acids is 3. The third-order valence-corrected chi connectivity index (χ3v) is 6.59. The summed E-state index contributed by atoms with van der Waals surface area (Å²) < 4.78 is 5.10. The van der Waals surface area contributed by atoms with E-state index >= 15 is 0 Å². The zero-order valence-corrected chi connectivity index (χ0v) is 20.3. The van der Waals surface area contributed by atoms with Crippen LogP contribution >= 0.6 is 11.6 Å². The summed E-state index contributed by atoms with van der Waals surface area (Å²) in [4.78, 5) is 42.6. The van der Waals surface area contributed by atoms with Crippen molar-refractivity contribution >= 4 is 29.4 Å². The van der Waals surface area contributed by atoms with Crippen molar-refractivity contribution in [3.63, 3.8) is 0 Å². The fraction of sp³-hybridized carbons (Fsp3) is 0.480. The number of nitrogens with zero attached hydrogens (tertiary/aromatic N) is 1. The lowest BCUT2D eigenvalue weighted by atomic mass is 9.96. The Balaban J connectivity index is 1.54. The first-order chi connectivity index (χ1) is 15.8. The molecule has 0 saturated carbocycles. The molecule has 1 aromatic carbocycles. The topological polar surface area (TPSA) is 91.5 Å². The quantitative estimate of drug-likeness (QED) is 0.568. The molecular formula is C25H32ClN3O4. The smallest absolute Gasteiger partial charge is 0.355 e. The largest absolute Gasteiger partial charge is 0.461 e. The maximum Gasteiger partial charge on any atom is 0.355 e. The summed E-state index contributed by atoms with van der Waals surface area (Å²) in [6, 6.07) is 7.43. The number of carbonyl (C=O) groups is 3. The van der Waals surface area contributed by atoms with E-state index in [-0.39, 0.29) is 23.7 Å². The van der Waals surface area contributed by atoms with E-state index in [0.717, 1.165) is 35.2 Å². The summed E-state index contributed by atoms with van der Waals surface area (Å²) in [5, 5.41) is 3.58. The summed E-state index contributed by atoms with van der Waals surface area (Å²) in [5.41, 5.74) is 3.99. The number of hydrogen-bond acceptors (Lipinski definition) is 4. The monoisotopic (exact) mass is 473 g/mol. The Morgan fingerprint density at radius 3 is 2.73 bits per heavy atom. The number of likely N-dealkylation sites (tertiary alicyclic amines) is 1. The van der Waals surface area contributed by atoms with Crippen LogP contribution in [0.15, 0.2) is 24.3 Å². The lowest BCUT2D eigenvalue weighted by Crippen LogP contribution is -2.45. The van der Waals surface area contributed by atoms with Gasteiger partial charge in [-0.25, -0.2) is 4.79 Å². The second kappa shape index (κ2) is 11.4. The van der Waals surface area contributed by atoms with Crippen LogP contribution in [0.25, 0.3) is 0 Å². The van der Waals surface area contributed by atoms with Gasteiger partial charge in [-0.05, 0) is 62.8 Å². The molecule has 0 spiro atoms. The molecule has 2 aromatic rings. The fourth-order valence-corrected chi connectivity index (χ4v) is 4.55. The van der Waals surface area contributed by atoms with Crippen molar-refractivity contribution in [2.24, 2.45) is 5.92 Å². The summed E-state index contributed by atoms with van der Waals surface area (Å²) in [5.74, 6) is -0.631. The Hall–Kier alpha value is -2.80. The minimum atomic E-state index is -0.377. The van der Waals surface area contributed by atoms with Crippen molar-refractivity contribution in [3.8, 4) is 0 Å². The minimum absolute atomic E-state index is 0.0243. The number of esters is 1. The second-order valence-electron chi connectivity index (χ2n) is 8.44. The number of nitrogens with one attached hydrogen (secondary N) is 2. The molecule has 2 amide bonds. The van der Waals surface area contributed by atoms with Crippen molar-refractivity contribution in [1.82, 2.24) is 15.2 Å². The van der Waals surface area contributed by atoms with E-state index in [1.54, 1.807) is 17.9 Å². The first kappa shape index (κ1) is 24.8. The number of ether oxygens (including phenoxy) is 1. The summed E-state index contributed by atoms with van der Waals surface area (Å²) >= 11 is 6.17. The van der Waals surface area contributed by atoms with Gasteiger partial charge < -0.3 is 19.9 Å². The molecule has 1 atom stereocenters. The molecule has 1 fully saturated rings. The number of aromatic amines is 1. The van der Waals surface area contributed by atoms with Crippen LogP contribution in [0, 0.1) is 19.8 Å². The van der Waals surface area contributed by atoms with E-state index < -0.39 is 0 Å². The standard InChI is InChI=1S/C25H32ClN3O4/c1-4-33-25(32)23-16(2)20(17(3)28-23)11-12-22(30)29-13-7-9-19(15-29)24(31)27-14-18-8-5-6-10-21(18)26/h5-6,8,10,19,28H,4,7,9,11-15H2,1-3H3,(H,27,31)/t19-/m0/s1. The van der Waals surface area contributed by atoms with Gasteiger partial charge in [-0.2, -0.15) is 0 Å². The van der Waals surface area contributed by atoms with E-state index in [9.17, 15) is 14.4 Å². The number of rotatable bonds is 8. The van der Waals surface area contributed by atoms with Crippen LogP contribution < -0.4 is 5.32 Å². The SMILES string of the molecule is CCOC(=O)c1[nH]c(C)c(CCC(=O)N2CCC[C@H](C(=O)NCc3ccccc3Cl)C2)c1C. The highest BCUT2D eigenvalue weighted by Gasteiger charge is 2.28. The van der Waals surface area contributed by atoms with Crippen LogP contribution in [0.3, 0.4) is 0 Å². The third kappa shape index (κ3) is 6.16. The van der Waals surface area contributed by atoms with E-state index in [2.05, 4.69) is 10.3 Å². The number of halogens is 1. The van der Waals surface area contributed by atoms with Crippen molar-refractivity contribution in [3.05, 3.63) is 57.4 Å². The van der Waals surface area contributed by atoms with Crippen LogP contribution in [0.1, 0.15) is 59.1 Å². The van der Waals surface area contributed by atoms with Crippen LogP contribution in [0.4, 0.5) is 0 Å². The lowest BCUT2D eigenvalue weighted by Gasteiger charge is -2.32. The maximum atomic E-state index is 12.9. The highest BCUT2D eigenvalue weighted by molar-refractivity contribution is 6.31. The molecule has 0 aliphatic carbocycles. The van der Waals surface area contributed by atoms with Gasteiger partial charge in [-0.3, -0.25) is 9.59 Å². The average Bonchev–Trinajstić information content (AvgIpc) is 3.10. The second-order valence-corrected chi connectivity index (χ2v) is 8.84. The summed E-state index contributed by atoms with van der Waals surface area (Å²) in [6.45, 7) is 7.31. The predicted molar refractivity (Wildman–Crippen MR) is 127 cm³/mol. The molecule has 0 unspecified atom stereocenters. The number of aryl methyl sites for hydroxylation is 1. The fourth-order valence-electron chi connectivity index (χ4n) is 4.35. The van der Waals surface area contributed by atoms with Gasteiger partial charge in [0, 0.05) is 36.8 Å². The average molecular weight is 474 g/mol. The van der Waals surface area contributed by atoms with Gasteiger partial charge >= 0.3 is 5.97 Å². The first-order valence-corrected chi connectivity index (χ1v) is 11.8. The van der Waals surface area contributed by atoms with Crippen molar-refractivity contribution in [1.29, 1.82) is 0 Å². The van der Waals surface area contributed by atoms with Crippen molar-refractivity contribution in [2.75, 3.05) is 19.7 Å². The Morgan fingerprint density at radius 2 is 2.00 bits per heavy atom. The molecule has 1 saturated heterocycles. The summed E-state index contributed by atoms with van der Waals surface area (Å²) in [6.07, 6.45) is 2.42. The number of H-pyrrole nitrogens is 1. The zero-order valence-electron chi connectivity index (χ0n) is 19.5. The van der Waals surface area contributed by atoms with Gasteiger partial charge in [-0.1, -0.05) is 29.8 Å². The summed E-state index contributed by atoms with van der Waals surface area (Å²) in [7, 11) is 0. The number of benzene rings is 1. The Bertz CT molecular complexity index is 1020. The molecule has 8 heteroatoms. The maximum absolute atomic E-state index is 12.9. The molecule has 0 bridgehead atoms. The molecule has 7 nitrogen and oxygen atoms in total. The molecule has 1 aliphatic heterocycles. The van der Waals surface area contributed by atoms with Crippen molar-refractivity contribution < 1.29 is 19.1 Å². The zero-order chi connectivity index (χ0) is 24.0. The van der Waals surface area contributed by atoms with Gasteiger partial charge in [0.15, 0.2) is 0 Å². The van der Waals surface area contributed by atoms with Gasteiger partial charge in [0.1, 0.15) is 5.69 Å². The van der Waals surface area contributed by atoms with Gasteiger partial charge in [0.2, 0.25) is 11.8 Å². The van der Waals surface area contributed by atoms with E-state index in [1.165, 1.54) is 0 Å². The molecule has 2 heterocycles. The van der Waals surface area contributed by atoms with Gasteiger partial charge in [-0.15, -0.1) is 0 Å². The number of aromatic nitrogens is 1. The van der Waals surface area contributed by atoms with Crippen LogP contribution in [-0.4, -0.2) is 47.4 Å². The normalized spacial score (nSPS) is 15.9. The molecular weight excluding hydrogens is 442 g/mol. The Labute approximate surface area is 199 Å². The number of piperidine rings is 1. The van der Waals surface area contributed by atoms with E-state index in [1.807, 2.05) is 32.0 Å². The molecule has 33 heavy (non-hydrogen) atoms. The Kier molecular flexibility index (Phi) is 8.55. The molecule has 2 N–H and O–H groups in total. The van der Waals surface area contributed by atoms with Gasteiger partial charge in [0.25, 0.3) is 0 Å². The third-order valence-electron chi connectivity index (χ3n) is 6.22. The predicted octanol–water partition coefficient (Wildman–Crippen LogP) is 3.95. The Morgan fingerprint density at radius 1 is 1.24 bits per heavy atom. The van der Waals surface area contributed by atoms with Crippen molar-refractivity contribution in [2.45, 2.75) is 53.0 Å². The highest BCUT2D eigenvalue weighted by Crippen LogP contribution is 2.23. The van der Waals surface area contributed by atoms with Crippen LogP contribution in [0.5, 0.6) is 0 Å². The van der Waals surface area contributed by atoms with Crippen LogP contribution in [-0.2, 0) is 27.3 Å². The lowest BCUT2D eigenvalue weighted by molar-refractivity contribution is -0.135. The highest BCUT2D eigenvalue weighted by atomic mass is 35.5. The van der Waals surface area contributed by atoms with Crippen LogP contribution in [0.2, 0.25) is 5.02 Å². The number of hydrogen-bond donors (Lipinski definition) is 2. The van der Waals surface area contributed by atoms with E-state index in [4.69, 9.17) is 16.3 Å². The van der Waals surface area contributed by atoms with Gasteiger partial charge in [0.05, 0.1) is 12.5 Å². The molecule has 3 rings (SSSR count). The number of amides is 2. The first-order valence-electron chi connectivity index (χ1n) is 11.5.